The summed E-state index contributed by atoms with van der Waals surface area (Å²) in [5.41, 5.74) is 4.39. The van der Waals surface area contributed by atoms with Crippen LogP contribution in [-0.2, 0) is 11.4 Å². The zero-order valence-corrected chi connectivity index (χ0v) is 9.37. The Kier molecular flexibility index (Phi) is 3.84. The van der Waals surface area contributed by atoms with Crippen LogP contribution in [0.4, 0.5) is 0 Å². The third-order valence-electron chi connectivity index (χ3n) is 1.74. The number of rotatable bonds is 3. The standard InChI is InChI=1S/C12H16N2O/c1-12(2,3)14-15-9-11-7-5-4-6-10(11)8-13/h4-7,14H,9H2,1-3H3. The van der Waals surface area contributed by atoms with E-state index < -0.39 is 0 Å². The van der Waals surface area contributed by atoms with Crippen LogP contribution in [0.3, 0.4) is 0 Å². The lowest BCUT2D eigenvalue weighted by atomic mass is 10.1. The summed E-state index contributed by atoms with van der Waals surface area (Å²) in [6.45, 7) is 6.45. The Labute approximate surface area is 90.6 Å². The first-order chi connectivity index (χ1) is 7.03. The zero-order chi connectivity index (χ0) is 11.3. The van der Waals surface area contributed by atoms with E-state index in [1.807, 2.05) is 39.0 Å². The van der Waals surface area contributed by atoms with E-state index in [0.717, 1.165) is 5.56 Å². The lowest BCUT2D eigenvalue weighted by Crippen LogP contribution is -2.35. The monoisotopic (exact) mass is 204 g/mol. The van der Waals surface area contributed by atoms with E-state index in [1.54, 1.807) is 6.07 Å². The first kappa shape index (κ1) is 11.7. The molecule has 1 aromatic rings. The maximum atomic E-state index is 8.85. The van der Waals surface area contributed by atoms with Crippen LogP contribution in [0.15, 0.2) is 24.3 Å². The molecule has 0 aromatic heterocycles. The number of hydrogen-bond acceptors (Lipinski definition) is 3. The Morgan fingerprint density at radius 2 is 2.00 bits per heavy atom. The fourth-order valence-electron chi connectivity index (χ4n) is 1.09. The summed E-state index contributed by atoms with van der Waals surface area (Å²) in [5, 5.41) is 8.85. The van der Waals surface area contributed by atoms with Crippen molar-refractivity contribution in [3.8, 4) is 6.07 Å². The maximum absolute atomic E-state index is 8.85. The van der Waals surface area contributed by atoms with E-state index in [1.165, 1.54) is 0 Å². The molecule has 15 heavy (non-hydrogen) atoms. The van der Waals surface area contributed by atoms with Gasteiger partial charge in [0.1, 0.15) is 0 Å². The van der Waals surface area contributed by atoms with Crippen molar-refractivity contribution < 1.29 is 4.84 Å². The van der Waals surface area contributed by atoms with E-state index in [9.17, 15) is 0 Å². The van der Waals surface area contributed by atoms with Crippen LogP contribution in [-0.4, -0.2) is 5.54 Å². The average Bonchev–Trinajstić information content (AvgIpc) is 2.16. The fourth-order valence-corrected chi connectivity index (χ4v) is 1.09. The van der Waals surface area contributed by atoms with Gasteiger partial charge >= 0.3 is 0 Å². The predicted molar refractivity (Wildman–Crippen MR) is 58.8 cm³/mol. The van der Waals surface area contributed by atoms with Gasteiger partial charge in [-0.15, -0.1) is 0 Å². The fraction of sp³-hybridized carbons (Fsp3) is 0.417. The van der Waals surface area contributed by atoms with Crippen molar-refractivity contribution in [1.29, 1.82) is 5.26 Å². The van der Waals surface area contributed by atoms with Crippen LogP contribution in [0.1, 0.15) is 31.9 Å². The third kappa shape index (κ3) is 4.11. The largest absolute Gasteiger partial charge is 0.296 e. The van der Waals surface area contributed by atoms with Crippen molar-refractivity contribution >= 4 is 0 Å². The smallest absolute Gasteiger partial charge is 0.0995 e. The molecule has 3 heteroatoms. The number of benzene rings is 1. The predicted octanol–water partition coefficient (Wildman–Crippen LogP) is 2.38. The highest BCUT2D eigenvalue weighted by Gasteiger charge is 2.09. The van der Waals surface area contributed by atoms with Crippen LogP contribution in [0.25, 0.3) is 0 Å². The molecule has 0 amide bonds. The van der Waals surface area contributed by atoms with E-state index >= 15 is 0 Å². The highest BCUT2D eigenvalue weighted by Crippen LogP contribution is 2.08. The van der Waals surface area contributed by atoms with Gasteiger partial charge < -0.3 is 0 Å². The molecule has 3 nitrogen and oxygen atoms in total. The minimum absolute atomic E-state index is 0.0818. The number of nitriles is 1. The molecule has 0 unspecified atom stereocenters. The number of nitrogens with zero attached hydrogens (tertiary/aromatic N) is 1. The molecule has 1 rings (SSSR count). The van der Waals surface area contributed by atoms with Gasteiger partial charge in [-0.05, 0) is 32.4 Å². The molecule has 80 valence electrons. The molecule has 0 radical (unpaired) electrons. The van der Waals surface area contributed by atoms with E-state index in [-0.39, 0.29) is 5.54 Å². The second kappa shape index (κ2) is 4.92. The zero-order valence-electron chi connectivity index (χ0n) is 9.37. The van der Waals surface area contributed by atoms with Gasteiger partial charge in [-0.3, -0.25) is 4.84 Å². The lowest BCUT2D eigenvalue weighted by molar-refractivity contribution is -0.0175. The van der Waals surface area contributed by atoms with Gasteiger partial charge in [0.25, 0.3) is 0 Å². The Bertz CT molecular complexity index is 361. The summed E-state index contributed by atoms with van der Waals surface area (Å²) in [6, 6.07) is 9.56. The van der Waals surface area contributed by atoms with Crippen molar-refractivity contribution in [3.63, 3.8) is 0 Å². The van der Waals surface area contributed by atoms with Gasteiger partial charge in [-0.25, -0.2) is 0 Å². The Balaban J connectivity index is 2.55. The number of hydroxylamine groups is 1. The number of hydrogen-bond donors (Lipinski definition) is 1. The summed E-state index contributed by atoms with van der Waals surface area (Å²) < 4.78 is 0. The van der Waals surface area contributed by atoms with Crippen molar-refractivity contribution in [2.24, 2.45) is 0 Å². The minimum atomic E-state index is -0.0818. The SMILES string of the molecule is CC(C)(C)NOCc1ccccc1C#N. The molecule has 0 spiro atoms. The molecular formula is C12H16N2O. The molecule has 0 heterocycles. The van der Waals surface area contributed by atoms with Crippen molar-refractivity contribution in [2.45, 2.75) is 32.9 Å². The first-order valence-corrected chi connectivity index (χ1v) is 4.90. The second-order valence-electron chi connectivity index (χ2n) is 4.41. The molecule has 1 N–H and O–H groups in total. The van der Waals surface area contributed by atoms with Crippen molar-refractivity contribution in [1.82, 2.24) is 5.48 Å². The molecule has 0 aliphatic heterocycles. The van der Waals surface area contributed by atoms with Crippen LogP contribution in [0.2, 0.25) is 0 Å². The summed E-state index contributed by atoms with van der Waals surface area (Å²) in [4.78, 5) is 5.33. The van der Waals surface area contributed by atoms with Gasteiger partial charge in [0.15, 0.2) is 0 Å². The highest BCUT2D eigenvalue weighted by molar-refractivity contribution is 5.36. The van der Waals surface area contributed by atoms with E-state index in [2.05, 4.69) is 11.5 Å². The first-order valence-electron chi connectivity index (χ1n) is 4.90. The quantitative estimate of drug-likeness (QED) is 0.769. The maximum Gasteiger partial charge on any atom is 0.0995 e. The Hall–Kier alpha value is -1.37. The highest BCUT2D eigenvalue weighted by atomic mass is 16.6. The molecular weight excluding hydrogens is 188 g/mol. The van der Waals surface area contributed by atoms with Crippen LogP contribution in [0, 0.1) is 11.3 Å². The van der Waals surface area contributed by atoms with Gasteiger partial charge in [0.2, 0.25) is 0 Å². The van der Waals surface area contributed by atoms with Crippen LogP contribution >= 0.6 is 0 Å². The second-order valence-corrected chi connectivity index (χ2v) is 4.41. The topological polar surface area (TPSA) is 45.0 Å². The number of nitrogens with one attached hydrogen (secondary N) is 1. The van der Waals surface area contributed by atoms with Gasteiger partial charge in [-0.1, -0.05) is 18.2 Å². The van der Waals surface area contributed by atoms with Crippen LogP contribution < -0.4 is 5.48 Å². The normalized spacial score (nSPS) is 11.1. The Morgan fingerprint density at radius 1 is 1.33 bits per heavy atom. The molecule has 0 aliphatic rings. The minimum Gasteiger partial charge on any atom is -0.296 e. The van der Waals surface area contributed by atoms with Gasteiger partial charge in [-0.2, -0.15) is 10.7 Å². The van der Waals surface area contributed by atoms with Crippen LogP contribution in [0.5, 0.6) is 0 Å². The van der Waals surface area contributed by atoms with E-state index in [4.69, 9.17) is 10.1 Å². The summed E-state index contributed by atoms with van der Waals surface area (Å²) in [7, 11) is 0. The molecule has 0 saturated heterocycles. The third-order valence-corrected chi connectivity index (χ3v) is 1.74. The Morgan fingerprint density at radius 3 is 2.60 bits per heavy atom. The summed E-state index contributed by atoms with van der Waals surface area (Å²) in [5.74, 6) is 0. The molecule has 0 atom stereocenters. The molecule has 0 fully saturated rings. The van der Waals surface area contributed by atoms with Crippen molar-refractivity contribution in [3.05, 3.63) is 35.4 Å². The summed E-state index contributed by atoms with van der Waals surface area (Å²) in [6.07, 6.45) is 0. The molecule has 1 aromatic carbocycles. The molecule has 0 aliphatic carbocycles. The van der Waals surface area contributed by atoms with E-state index in [0.29, 0.717) is 12.2 Å². The summed E-state index contributed by atoms with van der Waals surface area (Å²) >= 11 is 0. The lowest BCUT2D eigenvalue weighted by Gasteiger charge is -2.19. The molecule has 0 saturated carbocycles. The molecule has 0 bridgehead atoms. The van der Waals surface area contributed by atoms with Crippen molar-refractivity contribution in [2.75, 3.05) is 0 Å². The van der Waals surface area contributed by atoms with Gasteiger partial charge in [0, 0.05) is 5.54 Å². The average molecular weight is 204 g/mol. The van der Waals surface area contributed by atoms with Gasteiger partial charge in [0.05, 0.1) is 18.2 Å².